The second kappa shape index (κ2) is 7.00. The Hall–Kier alpha value is -3.41. The molecule has 0 spiro atoms. The highest BCUT2D eigenvalue weighted by molar-refractivity contribution is 6.03. The normalized spacial score (nSPS) is 11.0. The van der Waals surface area contributed by atoms with Crippen LogP contribution in [0.5, 0.6) is 0 Å². The van der Waals surface area contributed by atoms with Crippen LogP contribution in [0.15, 0.2) is 53.0 Å². The largest absolute Gasteiger partial charge is 0.465 e. The zero-order chi connectivity index (χ0) is 17.8. The molecule has 3 aromatic rings. The number of carbonyl (C=O) groups excluding carboxylic acids is 2. The number of nitrogens with zero attached hydrogens (tertiary/aromatic N) is 1. The summed E-state index contributed by atoms with van der Waals surface area (Å²) in [5.74, 6) is -0.471. The highest BCUT2D eigenvalue weighted by atomic mass is 16.5. The Morgan fingerprint density at radius 3 is 2.76 bits per heavy atom. The van der Waals surface area contributed by atoms with Crippen LogP contribution in [0, 0.1) is 6.92 Å². The van der Waals surface area contributed by atoms with Gasteiger partial charge in [0.2, 0.25) is 11.8 Å². The fourth-order valence-corrected chi connectivity index (χ4v) is 2.28. The lowest BCUT2D eigenvalue weighted by molar-refractivity contribution is -0.111. The molecule has 0 atom stereocenters. The van der Waals surface area contributed by atoms with Crippen LogP contribution in [0.1, 0.15) is 21.8 Å². The van der Waals surface area contributed by atoms with Gasteiger partial charge in [-0.2, -0.15) is 0 Å². The molecule has 3 rings (SSSR count). The lowest BCUT2D eigenvalue weighted by Crippen LogP contribution is -2.10. The summed E-state index contributed by atoms with van der Waals surface area (Å²) in [6.07, 6.45) is 2.82. The second-order valence-electron chi connectivity index (χ2n) is 5.36. The van der Waals surface area contributed by atoms with E-state index in [1.165, 1.54) is 19.3 Å². The van der Waals surface area contributed by atoms with Crippen LogP contribution in [0.3, 0.4) is 0 Å². The average molecular weight is 336 g/mol. The number of esters is 1. The van der Waals surface area contributed by atoms with Crippen LogP contribution in [0.4, 0.5) is 5.69 Å². The van der Waals surface area contributed by atoms with E-state index in [4.69, 9.17) is 4.42 Å². The molecule has 0 saturated carbocycles. The third-order valence-electron chi connectivity index (χ3n) is 3.60. The van der Waals surface area contributed by atoms with Crippen molar-refractivity contribution in [3.8, 4) is 0 Å². The van der Waals surface area contributed by atoms with Gasteiger partial charge in [-0.05, 0) is 36.8 Å². The van der Waals surface area contributed by atoms with Crippen molar-refractivity contribution in [3.05, 3.63) is 65.6 Å². The van der Waals surface area contributed by atoms with E-state index in [-0.39, 0.29) is 5.91 Å². The van der Waals surface area contributed by atoms with Crippen molar-refractivity contribution in [3.63, 3.8) is 0 Å². The number of ether oxygens (including phenoxy) is 1. The number of para-hydroxylation sites is 2. The van der Waals surface area contributed by atoms with Crippen molar-refractivity contribution in [2.24, 2.45) is 0 Å². The maximum absolute atomic E-state index is 12.1. The van der Waals surface area contributed by atoms with E-state index >= 15 is 0 Å². The molecule has 0 fully saturated rings. The molecular weight excluding hydrogens is 320 g/mol. The quantitative estimate of drug-likeness (QED) is 0.582. The van der Waals surface area contributed by atoms with Gasteiger partial charge in [0.15, 0.2) is 5.58 Å². The average Bonchev–Trinajstić information content (AvgIpc) is 3.04. The van der Waals surface area contributed by atoms with Crippen molar-refractivity contribution in [2.45, 2.75) is 6.92 Å². The van der Waals surface area contributed by atoms with Gasteiger partial charge in [0.05, 0.1) is 12.7 Å². The number of rotatable bonds is 4. The smallest absolute Gasteiger partial charge is 0.337 e. The summed E-state index contributed by atoms with van der Waals surface area (Å²) in [7, 11) is 1.31. The summed E-state index contributed by atoms with van der Waals surface area (Å²) in [5, 5.41) is 2.73. The second-order valence-corrected chi connectivity index (χ2v) is 5.36. The first-order valence-electron chi connectivity index (χ1n) is 7.60. The van der Waals surface area contributed by atoms with Gasteiger partial charge in [-0.25, -0.2) is 9.78 Å². The summed E-state index contributed by atoms with van der Waals surface area (Å²) in [5.41, 5.74) is 3.12. The number of fused-ring (bicyclic) bond motifs is 1. The van der Waals surface area contributed by atoms with Gasteiger partial charge in [-0.1, -0.05) is 18.2 Å². The number of nitrogens with one attached hydrogen (secondary N) is 1. The fourth-order valence-electron chi connectivity index (χ4n) is 2.28. The number of anilines is 1. The van der Waals surface area contributed by atoms with Gasteiger partial charge in [0.1, 0.15) is 5.52 Å². The number of oxazole rings is 1. The van der Waals surface area contributed by atoms with E-state index in [0.29, 0.717) is 22.7 Å². The fraction of sp³-hybridized carbons (Fsp3) is 0.105. The molecule has 0 unspecified atom stereocenters. The number of aromatic nitrogens is 1. The van der Waals surface area contributed by atoms with E-state index in [0.717, 1.165) is 11.1 Å². The van der Waals surface area contributed by atoms with Crippen LogP contribution < -0.4 is 5.32 Å². The number of hydrogen-bond acceptors (Lipinski definition) is 5. The molecule has 0 radical (unpaired) electrons. The van der Waals surface area contributed by atoms with Gasteiger partial charge in [-0.3, -0.25) is 4.79 Å². The first kappa shape index (κ1) is 16.4. The third-order valence-corrected chi connectivity index (χ3v) is 3.60. The van der Waals surface area contributed by atoms with Crippen molar-refractivity contribution in [1.82, 2.24) is 4.98 Å². The summed E-state index contributed by atoms with van der Waals surface area (Å²) in [6, 6.07) is 12.3. The Balaban J connectivity index is 1.74. The third kappa shape index (κ3) is 3.74. The van der Waals surface area contributed by atoms with Crippen molar-refractivity contribution >= 4 is 34.7 Å². The Labute approximate surface area is 144 Å². The number of hydrogen-bond donors (Lipinski definition) is 1. The minimum atomic E-state index is -0.461. The number of benzene rings is 2. The van der Waals surface area contributed by atoms with E-state index in [2.05, 4.69) is 15.0 Å². The molecular formula is C19H16N2O4. The molecule has 6 heteroatoms. The summed E-state index contributed by atoms with van der Waals surface area (Å²) in [6.45, 7) is 1.83. The standard InChI is InChI=1S/C19H16N2O4/c1-12-7-8-13(19(23)24-2)11-15(12)20-17(22)9-10-18-21-14-5-3-4-6-16(14)25-18/h3-11H,1-2H3,(H,20,22)/b10-9+. The summed E-state index contributed by atoms with van der Waals surface area (Å²) >= 11 is 0. The first-order chi connectivity index (χ1) is 12.1. The molecule has 0 aliphatic carbocycles. The van der Waals surface area contributed by atoms with Gasteiger partial charge >= 0.3 is 5.97 Å². The summed E-state index contributed by atoms with van der Waals surface area (Å²) in [4.78, 5) is 28.0. The van der Waals surface area contributed by atoms with Crippen LogP contribution >= 0.6 is 0 Å². The molecule has 0 saturated heterocycles. The monoisotopic (exact) mass is 336 g/mol. The van der Waals surface area contributed by atoms with E-state index in [1.54, 1.807) is 24.3 Å². The Bertz CT molecular complexity index is 939. The lowest BCUT2D eigenvalue weighted by atomic mass is 10.1. The molecule has 0 bridgehead atoms. The number of carbonyl (C=O) groups is 2. The van der Waals surface area contributed by atoms with Gasteiger partial charge < -0.3 is 14.5 Å². The molecule has 0 aliphatic heterocycles. The predicted octanol–water partition coefficient (Wildman–Crippen LogP) is 3.57. The lowest BCUT2D eigenvalue weighted by Gasteiger charge is -2.08. The minimum absolute atomic E-state index is 0.344. The number of aryl methyl sites for hydroxylation is 1. The van der Waals surface area contributed by atoms with Crippen molar-refractivity contribution in [2.75, 3.05) is 12.4 Å². The molecule has 1 aromatic heterocycles. The number of amides is 1. The summed E-state index contributed by atoms with van der Waals surface area (Å²) < 4.78 is 10.2. The highest BCUT2D eigenvalue weighted by Crippen LogP contribution is 2.18. The maximum atomic E-state index is 12.1. The zero-order valence-corrected chi connectivity index (χ0v) is 13.8. The van der Waals surface area contributed by atoms with E-state index < -0.39 is 5.97 Å². The first-order valence-corrected chi connectivity index (χ1v) is 7.60. The van der Waals surface area contributed by atoms with Gasteiger partial charge in [-0.15, -0.1) is 0 Å². The molecule has 1 heterocycles. The molecule has 25 heavy (non-hydrogen) atoms. The molecule has 6 nitrogen and oxygen atoms in total. The minimum Gasteiger partial charge on any atom is -0.465 e. The van der Waals surface area contributed by atoms with Crippen LogP contribution in [0.2, 0.25) is 0 Å². The van der Waals surface area contributed by atoms with Crippen LogP contribution in [0.25, 0.3) is 17.2 Å². The van der Waals surface area contributed by atoms with E-state index in [1.807, 2.05) is 25.1 Å². The number of methoxy groups -OCH3 is 1. The van der Waals surface area contributed by atoms with Crippen LogP contribution in [-0.2, 0) is 9.53 Å². The predicted molar refractivity (Wildman–Crippen MR) is 94.2 cm³/mol. The maximum Gasteiger partial charge on any atom is 0.337 e. The molecule has 0 aliphatic rings. The SMILES string of the molecule is COC(=O)c1ccc(C)c(NC(=O)/C=C/c2nc3ccccc3o2)c1. The Kier molecular flexibility index (Phi) is 4.61. The van der Waals surface area contributed by atoms with Gasteiger partial charge in [0.25, 0.3) is 0 Å². The highest BCUT2D eigenvalue weighted by Gasteiger charge is 2.09. The molecule has 1 N–H and O–H groups in total. The molecule has 2 aromatic carbocycles. The Morgan fingerprint density at radius 1 is 1.20 bits per heavy atom. The molecule has 126 valence electrons. The Morgan fingerprint density at radius 2 is 2.00 bits per heavy atom. The topological polar surface area (TPSA) is 81.4 Å². The van der Waals surface area contributed by atoms with E-state index in [9.17, 15) is 9.59 Å². The van der Waals surface area contributed by atoms with Gasteiger partial charge in [0, 0.05) is 17.8 Å². The van der Waals surface area contributed by atoms with Crippen LogP contribution in [-0.4, -0.2) is 24.0 Å². The van der Waals surface area contributed by atoms with Crippen molar-refractivity contribution < 1.29 is 18.7 Å². The molecule has 1 amide bonds. The van der Waals surface area contributed by atoms with Crippen molar-refractivity contribution in [1.29, 1.82) is 0 Å². The zero-order valence-electron chi connectivity index (χ0n) is 13.8.